The van der Waals surface area contributed by atoms with Crippen LogP contribution in [0.3, 0.4) is 0 Å². The Hall–Kier alpha value is -3.23. The number of nitrogens with two attached hydrogens (primary N) is 2. The average Bonchev–Trinajstić information content (AvgIpc) is 2.61. The maximum atomic E-state index is 12.4. The second-order valence-corrected chi connectivity index (χ2v) is 4.91. The molecule has 0 aliphatic heterocycles. The maximum Gasteiger partial charge on any atom is 0.343 e. The van der Waals surface area contributed by atoms with E-state index >= 15 is 0 Å². The monoisotopic (exact) mass is 328 g/mol. The number of primary amides is 1. The van der Waals surface area contributed by atoms with Crippen molar-refractivity contribution in [3.8, 4) is 0 Å². The van der Waals surface area contributed by atoms with Gasteiger partial charge in [0.15, 0.2) is 0 Å². The molecule has 0 aromatic heterocycles. The second-order valence-electron chi connectivity index (χ2n) is 4.91. The Balaban J connectivity index is 2.27. The van der Waals surface area contributed by atoms with Gasteiger partial charge in [0.05, 0.1) is 0 Å². The normalized spacial score (nSPS) is 12.8. The second kappa shape index (κ2) is 6.90. The van der Waals surface area contributed by atoms with Crippen molar-refractivity contribution in [3.63, 3.8) is 0 Å². The number of carbonyl (C=O) groups excluding carboxylic acids is 3. The van der Waals surface area contributed by atoms with Crippen molar-refractivity contribution in [2.24, 2.45) is 11.6 Å². The molecular formula is C16H16N4O4. The lowest BCUT2D eigenvalue weighted by Crippen LogP contribution is -2.59. The molecule has 0 aliphatic rings. The van der Waals surface area contributed by atoms with Crippen LogP contribution in [0.25, 0.3) is 0 Å². The summed E-state index contributed by atoms with van der Waals surface area (Å²) in [6.07, 6.45) is 0. The van der Waals surface area contributed by atoms with Crippen LogP contribution in [0.15, 0.2) is 60.7 Å². The van der Waals surface area contributed by atoms with E-state index < -0.39 is 23.4 Å². The van der Waals surface area contributed by atoms with Gasteiger partial charge in [-0.2, -0.15) is 5.01 Å². The summed E-state index contributed by atoms with van der Waals surface area (Å²) in [4.78, 5) is 36.2. The summed E-state index contributed by atoms with van der Waals surface area (Å²) < 4.78 is 0. The quantitative estimate of drug-likeness (QED) is 0.276. The predicted molar refractivity (Wildman–Crippen MR) is 86.0 cm³/mol. The molecule has 8 heteroatoms. The van der Waals surface area contributed by atoms with Crippen LogP contribution in [0.2, 0.25) is 0 Å². The first kappa shape index (κ1) is 17.1. The molecule has 2 rings (SSSR count). The molecule has 0 spiro atoms. The summed E-state index contributed by atoms with van der Waals surface area (Å²) in [6.45, 7) is 0. The van der Waals surface area contributed by atoms with Gasteiger partial charge < -0.3 is 16.2 Å². The van der Waals surface area contributed by atoms with Crippen LogP contribution < -0.4 is 16.9 Å². The third kappa shape index (κ3) is 3.24. The van der Waals surface area contributed by atoms with Gasteiger partial charge in [0.1, 0.15) is 0 Å². The highest BCUT2D eigenvalue weighted by Gasteiger charge is 2.48. The van der Waals surface area contributed by atoms with E-state index in [9.17, 15) is 19.5 Å². The number of benzene rings is 2. The Morgan fingerprint density at radius 3 is 1.96 bits per heavy atom. The van der Waals surface area contributed by atoms with Crippen LogP contribution in [-0.2, 0) is 15.2 Å². The first-order chi connectivity index (χ1) is 11.4. The zero-order chi connectivity index (χ0) is 17.7. The highest BCUT2D eigenvalue weighted by atomic mass is 16.3. The molecule has 1 unspecified atom stereocenters. The predicted octanol–water partition coefficient (Wildman–Crippen LogP) is 0.294. The third-order valence-electron chi connectivity index (χ3n) is 3.32. The van der Waals surface area contributed by atoms with Gasteiger partial charge in [-0.1, -0.05) is 48.5 Å². The number of urea groups is 1. The first-order valence-electron chi connectivity index (χ1n) is 6.90. The van der Waals surface area contributed by atoms with E-state index in [0.29, 0.717) is 5.69 Å². The molecule has 6 N–H and O–H groups in total. The lowest BCUT2D eigenvalue weighted by molar-refractivity contribution is -0.158. The van der Waals surface area contributed by atoms with Crippen LogP contribution in [0.1, 0.15) is 5.56 Å². The Morgan fingerprint density at radius 2 is 1.46 bits per heavy atom. The Kier molecular flexibility index (Phi) is 4.93. The fraction of sp³-hybridized carbons (Fsp3) is 0.0625. The van der Waals surface area contributed by atoms with Crippen LogP contribution in [-0.4, -0.2) is 28.0 Å². The van der Waals surface area contributed by atoms with Crippen molar-refractivity contribution in [2.45, 2.75) is 5.60 Å². The molecule has 2 aromatic rings. The summed E-state index contributed by atoms with van der Waals surface area (Å²) in [7, 11) is 0. The molecule has 0 heterocycles. The Morgan fingerprint density at radius 1 is 0.958 bits per heavy atom. The van der Waals surface area contributed by atoms with Gasteiger partial charge in [-0.3, -0.25) is 9.59 Å². The topological polar surface area (TPSA) is 139 Å². The molecule has 24 heavy (non-hydrogen) atoms. The zero-order valence-electron chi connectivity index (χ0n) is 12.5. The van der Waals surface area contributed by atoms with Crippen LogP contribution in [0.4, 0.5) is 10.5 Å². The highest BCUT2D eigenvalue weighted by molar-refractivity contribution is 6.13. The minimum Gasteiger partial charge on any atom is -0.368 e. The SMILES string of the molecule is NC(=O)C(O)(C(=O)N(N)C(=O)Nc1ccccc1)c1ccccc1. The lowest BCUT2D eigenvalue weighted by Gasteiger charge is -2.27. The fourth-order valence-electron chi connectivity index (χ4n) is 2.02. The Bertz CT molecular complexity index is 751. The molecule has 124 valence electrons. The number of amides is 4. The van der Waals surface area contributed by atoms with E-state index in [1.165, 1.54) is 24.3 Å². The minimum atomic E-state index is -2.76. The fourth-order valence-corrected chi connectivity index (χ4v) is 2.02. The van der Waals surface area contributed by atoms with Crippen LogP contribution in [0, 0.1) is 0 Å². The van der Waals surface area contributed by atoms with Crippen LogP contribution >= 0.6 is 0 Å². The smallest absolute Gasteiger partial charge is 0.343 e. The molecule has 1 atom stereocenters. The minimum absolute atomic E-state index is 0.0922. The molecule has 2 aromatic carbocycles. The van der Waals surface area contributed by atoms with Crippen molar-refractivity contribution < 1.29 is 19.5 Å². The Labute approximate surface area is 137 Å². The van der Waals surface area contributed by atoms with Crippen molar-refractivity contribution in [2.75, 3.05) is 5.32 Å². The molecule has 0 bridgehead atoms. The molecule has 4 amide bonds. The van der Waals surface area contributed by atoms with Crippen molar-refractivity contribution in [1.82, 2.24) is 5.01 Å². The summed E-state index contributed by atoms with van der Waals surface area (Å²) >= 11 is 0. The van der Waals surface area contributed by atoms with Gasteiger partial charge >= 0.3 is 6.03 Å². The number of hydrazine groups is 1. The highest BCUT2D eigenvalue weighted by Crippen LogP contribution is 2.23. The largest absolute Gasteiger partial charge is 0.368 e. The van der Waals surface area contributed by atoms with E-state index in [4.69, 9.17) is 11.6 Å². The van der Waals surface area contributed by atoms with E-state index in [1.807, 2.05) is 0 Å². The van der Waals surface area contributed by atoms with Crippen LogP contribution in [0.5, 0.6) is 0 Å². The van der Waals surface area contributed by atoms with E-state index in [-0.39, 0.29) is 10.6 Å². The number of hydrogen-bond donors (Lipinski definition) is 4. The third-order valence-corrected chi connectivity index (χ3v) is 3.32. The lowest BCUT2D eigenvalue weighted by atomic mass is 9.92. The summed E-state index contributed by atoms with van der Waals surface area (Å²) in [5.74, 6) is 2.76. The van der Waals surface area contributed by atoms with Gasteiger partial charge in [0.2, 0.25) is 5.60 Å². The molecule has 0 saturated heterocycles. The molecular weight excluding hydrogens is 312 g/mol. The standard InChI is InChI=1S/C16H16N4O4/c17-13(21)16(24,11-7-3-1-4-8-11)14(22)20(18)15(23)19-12-9-5-2-6-10-12/h1-10,24H,18H2,(H2,17,21)(H,19,23). The number of nitrogens with zero attached hydrogens (tertiary/aromatic N) is 1. The number of carbonyl (C=O) groups is 3. The van der Waals surface area contributed by atoms with Gasteiger partial charge in [0.25, 0.3) is 11.8 Å². The zero-order valence-corrected chi connectivity index (χ0v) is 12.5. The van der Waals surface area contributed by atoms with Crippen molar-refractivity contribution in [3.05, 3.63) is 66.2 Å². The number of para-hydroxylation sites is 1. The summed E-state index contributed by atoms with van der Waals surface area (Å²) in [5, 5.41) is 13.0. The molecule has 0 saturated carbocycles. The number of aliphatic hydroxyl groups is 1. The molecule has 0 fully saturated rings. The van der Waals surface area contributed by atoms with E-state index in [0.717, 1.165) is 0 Å². The van der Waals surface area contributed by atoms with Gasteiger partial charge in [-0.25, -0.2) is 10.6 Å². The number of anilines is 1. The van der Waals surface area contributed by atoms with Gasteiger partial charge in [-0.05, 0) is 12.1 Å². The van der Waals surface area contributed by atoms with E-state index in [2.05, 4.69) is 5.32 Å². The number of rotatable bonds is 4. The molecule has 0 aliphatic carbocycles. The number of hydrogen-bond acceptors (Lipinski definition) is 5. The van der Waals surface area contributed by atoms with E-state index in [1.54, 1.807) is 36.4 Å². The molecule has 0 radical (unpaired) electrons. The first-order valence-corrected chi connectivity index (χ1v) is 6.90. The van der Waals surface area contributed by atoms with Gasteiger partial charge in [-0.15, -0.1) is 0 Å². The van der Waals surface area contributed by atoms with Gasteiger partial charge in [0, 0.05) is 11.3 Å². The summed E-state index contributed by atoms with van der Waals surface area (Å²) in [5.41, 5.74) is 2.70. The molecule has 8 nitrogen and oxygen atoms in total. The number of nitrogens with one attached hydrogen (secondary N) is 1. The van der Waals surface area contributed by atoms with Crippen molar-refractivity contribution in [1.29, 1.82) is 0 Å². The average molecular weight is 328 g/mol. The maximum absolute atomic E-state index is 12.4. The number of imide groups is 1. The van der Waals surface area contributed by atoms with Crippen molar-refractivity contribution >= 4 is 23.5 Å². The summed E-state index contributed by atoms with van der Waals surface area (Å²) in [6, 6.07) is 14.5.